The zero-order chi connectivity index (χ0) is 12.9. The normalized spacial score (nSPS) is 18.6. The molecular weight excluding hydrogens is 262 g/mol. The molecule has 0 N–H and O–H groups in total. The molecule has 1 fully saturated rings. The molecule has 0 aromatic carbocycles. The molecule has 102 valence electrons. The van der Waals surface area contributed by atoms with Gasteiger partial charge in [-0.15, -0.1) is 0 Å². The summed E-state index contributed by atoms with van der Waals surface area (Å²) in [5.74, 6) is 0.828. The maximum Gasteiger partial charge on any atom is 0.232 e. The van der Waals surface area contributed by atoms with E-state index in [1.54, 1.807) is 7.11 Å². The average Bonchev–Trinajstić information content (AvgIpc) is 3.04. The van der Waals surface area contributed by atoms with E-state index < -0.39 is 9.05 Å². The molecule has 0 spiro atoms. The van der Waals surface area contributed by atoms with Crippen LogP contribution in [0.5, 0.6) is 0 Å². The van der Waals surface area contributed by atoms with Gasteiger partial charge in [0.25, 0.3) is 0 Å². The van der Waals surface area contributed by atoms with Crippen molar-refractivity contribution in [2.75, 3.05) is 32.6 Å². The van der Waals surface area contributed by atoms with Gasteiger partial charge in [-0.25, -0.2) is 8.42 Å². The Bertz CT molecular complexity index is 317. The van der Waals surface area contributed by atoms with Crippen LogP contribution in [0.25, 0.3) is 0 Å². The van der Waals surface area contributed by atoms with Crippen LogP contribution in [0.2, 0.25) is 0 Å². The second-order valence-corrected chi connectivity index (χ2v) is 7.60. The second-order valence-electron chi connectivity index (χ2n) is 4.70. The topological polar surface area (TPSA) is 46.6 Å². The summed E-state index contributed by atoms with van der Waals surface area (Å²) >= 11 is 0. The van der Waals surface area contributed by atoms with E-state index in [0.717, 1.165) is 19.0 Å². The van der Waals surface area contributed by atoms with Crippen LogP contribution in [0.1, 0.15) is 26.2 Å². The number of nitrogens with zero attached hydrogens (tertiary/aromatic N) is 1. The summed E-state index contributed by atoms with van der Waals surface area (Å²) in [7, 11) is 3.53. The first-order valence-electron chi connectivity index (χ1n) is 6.09. The van der Waals surface area contributed by atoms with Crippen molar-refractivity contribution in [3.05, 3.63) is 0 Å². The fourth-order valence-electron chi connectivity index (χ4n) is 2.04. The monoisotopic (exact) mass is 283 g/mol. The molecule has 6 heteroatoms. The van der Waals surface area contributed by atoms with Crippen LogP contribution in [0, 0.1) is 5.92 Å². The minimum atomic E-state index is -3.36. The van der Waals surface area contributed by atoms with Gasteiger partial charge in [0.05, 0.1) is 12.4 Å². The van der Waals surface area contributed by atoms with Crippen molar-refractivity contribution in [2.24, 2.45) is 5.92 Å². The Morgan fingerprint density at radius 2 is 2.06 bits per heavy atom. The number of ether oxygens (including phenoxy) is 1. The number of hydrogen-bond donors (Lipinski definition) is 0. The van der Waals surface area contributed by atoms with Crippen molar-refractivity contribution in [1.29, 1.82) is 0 Å². The Morgan fingerprint density at radius 3 is 2.53 bits per heavy atom. The highest BCUT2D eigenvalue weighted by Crippen LogP contribution is 2.35. The van der Waals surface area contributed by atoms with Crippen molar-refractivity contribution in [2.45, 2.75) is 32.2 Å². The third-order valence-electron chi connectivity index (χ3n) is 3.30. The van der Waals surface area contributed by atoms with E-state index in [9.17, 15) is 8.42 Å². The summed E-state index contributed by atoms with van der Waals surface area (Å²) < 4.78 is 26.8. The molecule has 1 atom stereocenters. The van der Waals surface area contributed by atoms with Gasteiger partial charge in [-0.2, -0.15) is 0 Å². The van der Waals surface area contributed by atoms with Crippen molar-refractivity contribution in [1.82, 2.24) is 4.90 Å². The lowest BCUT2D eigenvalue weighted by molar-refractivity contribution is 0.117. The van der Waals surface area contributed by atoms with Crippen LogP contribution in [0.3, 0.4) is 0 Å². The van der Waals surface area contributed by atoms with Gasteiger partial charge in [0, 0.05) is 30.4 Å². The van der Waals surface area contributed by atoms with Crippen molar-refractivity contribution < 1.29 is 13.2 Å². The lowest BCUT2D eigenvalue weighted by Crippen LogP contribution is -2.38. The largest absolute Gasteiger partial charge is 0.383 e. The van der Waals surface area contributed by atoms with E-state index in [-0.39, 0.29) is 5.75 Å². The van der Waals surface area contributed by atoms with Crippen molar-refractivity contribution in [3.8, 4) is 0 Å². The molecule has 0 aliphatic heterocycles. The Balaban J connectivity index is 2.34. The molecule has 0 radical (unpaired) electrons. The molecule has 4 nitrogen and oxygen atoms in total. The molecule has 0 aromatic heterocycles. The zero-order valence-electron chi connectivity index (χ0n) is 10.6. The first-order chi connectivity index (χ1) is 7.94. The van der Waals surface area contributed by atoms with Crippen LogP contribution in [0.4, 0.5) is 0 Å². The van der Waals surface area contributed by atoms with E-state index in [4.69, 9.17) is 15.4 Å². The molecule has 0 aromatic rings. The van der Waals surface area contributed by atoms with E-state index in [1.807, 2.05) is 0 Å². The summed E-state index contributed by atoms with van der Waals surface area (Å²) in [5.41, 5.74) is 0. The van der Waals surface area contributed by atoms with Gasteiger partial charge >= 0.3 is 0 Å². The lowest BCUT2D eigenvalue weighted by atomic mass is 10.2. The Hall–Kier alpha value is 0.160. The zero-order valence-corrected chi connectivity index (χ0v) is 12.1. The quantitative estimate of drug-likeness (QED) is 0.604. The van der Waals surface area contributed by atoms with Crippen LogP contribution in [0.15, 0.2) is 0 Å². The summed E-state index contributed by atoms with van der Waals surface area (Å²) in [6.45, 7) is 4.52. The summed E-state index contributed by atoms with van der Waals surface area (Å²) in [6.07, 6.45) is 3.17. The molecule has 1 aliphatic carbocycles. The van der Waals surface area contributed by atoms with Gasteiger partial charge in [0.15, 0.2) is 0 Å². The van der Waals surface area contributed by atoms with Gasteiger partial charge in [0.2, 0.25) is 9.05 Å². The summed E-state index contributed by atoms with van der Waals surface area (Å²) in [5, 5.41) is 0. The second kappa shape index (κ2) is 6.92. The molecule has 0 bridgehead atoms. The van der Waals surface area contributed by atoms with Gasteiger partial charge in [-0.3, -0.25) is 4.90 Å². The van der Waals surface area contributed by atoms with Crippen LogP contribution < -0.4 is 0 Å². The molecule has 0 amide bonds. The van der Waals surface area contributed by atoms with Crippen molar-refractivity contribution in [3.63, 3.8) is 0 Å². The van der Waals surface area contributed by atoms with E-state index in [0.29, 0.717) is 19.1 Å². The molecule has 0 heterocycles. The number of halogens is 1. The first kappa shape index (κ1) is 15.2. The third-order valence-corrected chi connectivity index (χ3v) is 4.54. The van der Waals surface area contributed by atoms with E-state index in [1.165, 1.54) is 12.8 Å². The van der Waals surface area contributed by atoms with Crippen LogP contribution in [-0.4, -0.2) is 51.9 Å². The molecule has 1 saturated carbocycles. The maximum atomic E-state index is 10.9. The molecule has 1 unspecified atom stereocenters. The Labute approximate surface area is 109 Å². The average molecular weight is 284 g/mol. The molecular formula is C11H22ClNO3S. The Kier molecular flexibility index (Phi) is 6.20. The number of rotatable bonds is 9. The highest BCUT2D eigenvalue weighted by molar-refractivity contribution is 8.13. The molecule has 1 rings (SSSR count). The van der Waals surface area contributed by atoms with E-state index in [2.05, 4.69) is 11.8 Å². The van der Waals surface area contributed by atoms with Crippen LogP contribution >= 0.6 is 10.7 Å². The predicted octanol–water partition coefficient (Wildman–Crippen LogP) is 1.69. The van der Waals surface area contributed by atoms with E-state index >= 15 is 0 Å². The minimum Gasteiger partial charge on any atom is -0.383 e. The predicted molar refractivity (Wildman–Crippen MR) is 69.9 cm³/mol. The number of methoxy groups -OCH3 is 1. The third kappa shape index (κ3) is 6.60. The number of hydrogen-bond acceptors (Lipinski definition) is 4. The molecule has 17 heavy (non-hydrogen) atoms. The fraction of sp³-hybridized carbons (Fsp3) is 1.00. The highest BCUT2D eigenvalue weighted by atomic mass is 35.7. The smallest absolute Gasteiger partial charge is 0.232 e. The molecule has 0 saturated heterocycles. The summed E-state index contributed by atoms with van der Waals surface area (Å²) in [4.78, 5) is 2.31. The van der Waals surface area contributed by atoms with Crippen LogP contribution in [-0.2, 0) is 13.8 Å². The van der Waals surface area contributed by atoms with Gasteiger partial charge in [0.1, 0.15) is 0 Å². The lowest BCUT2D eigenvalue weighted by Gasteiger charge is -2.28. The minimum absolute atomic E-state index is 0.0510. The first-order valence-corrected chi connectivity index (χ1v) is 8.57. The van der Waals surface area contributed by atoms with Gasteiger partial charge in [-0.1, -0.05) is 0 Å². The molecule has 1 aliphatic rings. The van der Waals surface area contributed by atoms with Gasteiger partial charge in [-0.05, 0) is 38.6 Å². The standard InChI is InChI=1S/C11H22ClNO3S/c1-10(11-4-5-11)13(7-8-16-2)6-3-9-17(12,14)15/h10-11H,3-9H2,1-2H3. The SMILES string of the molecule is COCCN(CCCS(=O)(=O)Cl)C(C)C1CC1. The fourth-order valence-corrected chi connectivity index (χ4v) is 2.85. The van der Waals surface area contributed by atoms with Gasteiger partial charge < -0.3 is 4.74 Å². The maximum absolute atomic E-state index is 10.9. The Morgan fingerprint density at radius 1 is 1.41 bits per heavy atom. The highest BCUT2D eigenvalue weighted by Gasteiger charge is 2.31. The van der Waals surface area contributed by atoms with Crippen molar-refractivity contribution >= 4 is 19.7 Å². The summed E-state index contributed by atoms with van der Waals surface area (Å²) in [6, 6.07) is 0.517.